The van der Waals surface area contributed by atoms with Crippen molar-refractivity contribution in [3.63, 3.8) is 0 Å². The lowest BCUT2D eigenvalue weighted by Crippen LogP contribution is -2.46. The molecular formula is C17H26N2O2. The van der Waals surface area contributed by atoms with Gasteiger partial charge in [-0.25, -0.2) is 0 Å². The number of nitrogens with zero attached hydrogens (tertiary/aromatic N) is 1. The predicted octanol–water partition coefficient (Wildman–Crippen LogP) is 2.63. The Labute approximate surface area is 127 Å². The van der Waals surface area contributed by atoms with Crippen LogP contribution in [0, 0.1) is 12.8 Å². The van der Waals surface area contributed by atoms with Gasteiger partial charge in [0.25, 0.3) is 0 Å². The Balaban J connectivity index is 1.75. The molecule has 2 unspecified atom stereocenters. The highest BCUT2D eigenvalue weighted by atomic mass is 16.5. The first-order valence-corrected chi connectivity index (χ1v) is 8.04. The molecule has 1 aromatic heterocycles. The van der Waals surface area contributed by atoms with Gasteiger partial charge < -0.3 is 14.8 Å². The monoisotopic (exact) mass is 290 g/mol. The molecule has 2 aliphatic rings. The van der Waals surface area contributed by atoms with Crippen molar-refractivity contribution in [3.8, 4) is 0 Å². The van der Waals surface area contributed by atoms with E-state index in [1.807, 2.05) is 13.1 Å². The lowest BCUT2D eigenvalue weighted by Gasteiger charge is -2.45. The highest BCUT2D eigenvalue weighted by molar-refractivity contribution is 5.18. The minimum atomic E-state index is 0.0500. The third kappa shape index (κ3) is 3.28. The average molecular weight is 290 g/mol. The van der Waals surface area contributed by atoms with Gasteiger partial charge in [0.1, 0.15) is 0 Å². The molecule has 2 aliphatic heterocycles. The molecule has 1 spiro atoms. The maximum atomic E-state index is 6.16. The van der Waals surface area contributed by atoms with E-state index < -0.39 is 0 Å². The van der Waals surface area contributed by atoms with Gasteiger partial charge in [0.05, 0.1) is 5.60 Å². The molecule has 1 aromatic rings. The van der Waals surface area contributed by atoms with Crippen molar-refractivity contribution in [1.29, 1.82) is 0 Å². The van der Waals surface area contributed by atoms with E-state index in [1.54, 1.807) is 0 Å². The highest BCUT2D eigenvalue weighted by Crippen LogP contribution is 2.41. The molecule has 0 aromatic carbocycles. The van der Waals surface area contributed by atoms with Crippen molar-refractivity contribution < 1.29 is 9.47 Å². The molecule has 116 valence electrons. The summed E-state index contributed by atoms with van der Waals surface area (Å²) in [5.74, 6) is 0.603. The predicted molar refractivity (Wildman–Crippen MR) is 82.2 cm³/mol. The van der Waals surface area contributed by atoms with Crippen LogP contribution in [0.4, 0.5) is 0 Å². The minimum absolute atomic E-state index is 0.0500. The molecule has 0 amide bonds. The SMILES string of the molecule is CNC(c1ccc(C)nc1)C1CCOC2(CCOCC2)C1. The quantitative estimate of drug-likeness (QED) is 0.929. The summed E-state index contributed by atoms with van der Waals surface area (Å²) in [7, 11) is 2.05. The van der Waals surface area contributed by atoms with Crippen molar-refractivity contribution in [2.75, 3.05) is 26.9 Å². The Morgan fingerprint density at radius 2 is 2.10 bits per heavy atom. The summed E-state index contributed by atoms with van der Waals surface area (Å²) in [5, 5.41) is 3.50. The molecular weight excluding hydrogens is 264 g/mol. The number of hydrogen-bond donors (Lipinski definition) is 1. The lowest BCUT2D eigenvalue weighted by atomic mass is 9.76. The summed E-state index contributed by atoms with van der Waals surface area (Å²) >= 11 is 0. The maximum Gasteiger partial charge on any atom is 0.0729 e. The Morgan fingerprint density at radius 3 is 2.76 bits per heavy atom. The van der Waals surface area contributed by atoms with Crippen LogP contribution in [0.25, 0.3) is 0 Å². The standard InChI is InChI=1S/C17H26N2O2/c1-13-3-4-15(12-19-13)16(18-2)14-5-8-21-17(11-14)6-9-20-10-7-17/h3-4,12,14,16,18H,5-11H2,1-2H3. The highest BCUT2D eigenvalue weighted by Gasteiger charge is 2.41. The van der Waals surface area contributed by atoms with E-state index in [2.05, 4.69) is 29.5 Å². The normalized spacial score (nSPS) is 26.7. The van der Waals surface area contributed by atoms with E-state index in [0.29, 0.717) is 12.0 Å². The summed E-state index contributed by atoms with van der Waals surface area (Å²) in [5.41, 5.74) is 2.41. The van der Waals surface area contributed by atoms with Crippen LogP contribution in [0.1, 0.15) is 43.0 Å². The smallest absolute Gasteiger partial charge is 0.0729 e. The van der Waals surface area contributed by atoms with E-state index in [-0.39, 0.29) is 5.60 Å². The van der Waals surface area contributed by atoms with E-state index in [9.17, 15) is 0 Å². The lowest BCUT2D eigenvalue weighted by molar-refractivity contribution is -0.150. The second-order valence-corrected chi connectivity index (χ2v) is 6.40. The third-order valence-electron chi connectivity index (χ3n) is 5.01. The molecule has 1 N–H and O–H groups in total. The first-order chi connectivity index (χ1) is 10.2. The van der Waals surface area contributed by atoms with Gasteiger partial charge in [-0.1, -0.05) is 6.07 Å². The van der Waals surface area contributed by atoms with E-state index in [4.69, 9.17) is 9.47 Å². The fourth-order valence-electron chi connectivity index (χ4n) is 3.78. The van der Waals surface area contributed by atoms with Crippen LogP contribution >= 0.6 is 0 Å². The minimum Gasteiger partial charge on any atom is -0.381 e. The molecule has 2 fully saturated rings. The largest absolute Gasteiger partial charge is 0.381 e. The molecule has 4 heteroatoms. The van der Waals surface area contributed by atoms with Crippen LogP contribution < -0.4 is 5.32 Å². The van der Waals surface area contributed by atoms with Gasteiger partial charge in [-0.05, 0) is 57.2 Å². The number of aryl methyl sites for hydroxylation is 1. The fraction of sp³-hybridized carbons (Fsp3) is 0.706. The van der Waals surface area contributed by atoms with Crippen molar-refractivity contribution >= 4 is 0 Å². The van der Waals surface area contributed by atoms with Crippen molar-refractivity contribution in [3.05, 3.63) is 29.6 Å². The molecule has 3 rings (SSSR count). The average Bonchev–Trinajstić information content (AvgIpc) is 2.51. The van der Waals surface area contributed by atoms with Crippen molar-refractivity contribution in [2.24, 2.45) is 5.92 Å². The van der Waals surface area contributed by atoms with Gasteiger partial charge in [-0.2, -0.15) is 0 Å². The molecule has 3 heterocycles. The second-order valence-electron chi connectivity index (χ2n) is 6.40. The van der Waals surface area contributed by atoms with Gasteiger partial charge in [0.15, 0.2) is 0 Å². The number of rotatable bonds is 3. The molecule has 0 bridgehead atoms. The van der Waals surface area contributed by atoms with Crippen LogP contribution in [0.15, 0.2) is 18.3 Å². The van der Waals surface area contributed by atoms with Crippen LogP contribution in [0.2, 0.25) is 0 Å². The molecule has 2 atom stereocenters. The second kappa shape index (κ2) is 6.42. The molecule has 4 nitrogen and oxygen atoms in total. The number of aromatic nitrogens is 1. The van der Waals surface area contributed by atoms with Crippen LogP contribution in [-0.2, 0) is 9.47 Å². The van der Waals surface area contributed by atoms with Gasteiger partial charge in [-0.15, -0.1) is 0 Å². The number of hydrogen-bond acceptors (Lipinski definition) is 4. The van der Waals surface area contributed by atoms with Gasteiger partial charge in [0, 0.05) is 37.8 Å². The fourth-order valence-corrected chi connectivity index (χ4v) is 3.78. The third-order valence-corrected chi connectivity index (χ3v) is 5.01. The van der Waals surface area contributed by atoms with Crippen LogP contribution in [0.5, 0.6) is 0 Å². The van der Waals surface area contributed by atoms with E-state index in [1.165, 1.54) is 5.56 Å². The van der Waals surface area contributed by atoms with E-state index in [0.717, 1.165) is 51.2 Å². The molecule has 21 heavy (non-hydrogen) atoms. The van der Waals surface area contributed by atoms with Crippen LogP contribution in [-0.4, -0.2) is 37.5 Å². The first kappa shape index (κ1) is 14.9. The van der Waals surface area contributed by atoms with Crippen LogP contribution in [0.3, 0.4) is 0 Å². The zero-order chi connectivity index (χ0) is 14.7. The Kier molecular flexibility index (Phi) is 4.57. The topological polar surface area (TPSA) is 43.4 Å². The first-order valence-electron chi connectivity index (χ1n) is 8.04. The Morgan fingerprint density at radius 1 is 1.29 bits per heavy atom. The van der Waals surface area contributed by atoms with Crippen molar-refractivity contribution in [2.45, 2.75) is 44.2 Å². The van der Waals surface area contributed by atoms with Gasteiger partial charge in [0.2, 0.25) is 0 Å². The molecule has 2 saturated heterocycles. The summed E-state index contributed by atoms with van der Waals surface area (Å²) < 4.78 is 11.7. The summed E-state index contributed by atoms with van der Waals surface area (Å²) in [6.45, 7) is 4.57. The zero-order valence-corrected chi connectivity index (χ0v) is 13.1. The Bertz CT molecular complexity index is 449. The van der Waals surface area contributed by atoms with Crippen molar-refractivity contribution in [1.82, 2.24) is 10.3 Å². The summed E-state index contributed by atoms with van der Waals surface area (Å²) in [6.07, 6.45) is 6.32. The number of pyridine rings is 1. The molecule has 0 radical (unpaired) electrons. The molecule has 0 aliphatic carbocycles. The maximum absolute atomic E-state index is 6.16. The van der Waals surface area contributed by atoms with Gasteiger partial charge in [-0.3, -0.25) is 4.98 Å². The van der Waals surface area contributed by atoms with E-state index >= 15 is 0 Å². The molecule has 0 saturated carbocycles. The zero-order valence-electron chi connectivity index (χ0n) is 13.1. The van der Waals surface area contributed by atoms with Gasteiger partial charge >= 0.3 is 0 Å². The summed E-state index contributed by atoms with van der Waals surface area (Å²) in [6, 6.07) is 4.67. The number of ether oxygens (including phenoxy) is 2. The Hall–Kier alpha value is -0.970. The summed E-state index contributed by atoms with van der Waals surface area (Å²) in [4.78, 5) is 4.46. The number of nitrogens with one attached hydrogen (secondary N) is 1.